The summed E-state index contributed by atoms with van der Waals surface area (Å²) in [5, 5.41) is 7.96. The molecule has 2 rings (SSSR count). The molecule has 19 heavy (non-hydrogen) atoms. The molecule has 0 bridgehead atoms. The summed E-state index contributed by atoms with van der Waals surface area (Å²) in [4.78, 5) is 16.2. The normalized spacial score (nSPS) is 10.3. The van der Waals surface area contributed by atoms with Gasteiger partial charge in [0.05, 0.1) is 18.0 Å². The van der Waals surface area contributed by atoms with Crippen LogP contribution in [0.25, 0.3) is 11.3 Å². The standard InChI is InChI=1S/C14H15N3O2/c1-4-19-14(18)13-12(9(2)10(3)16-17-13)11-7-5-6-8-15-11/h5-8H,4H2,1-3H3. The lowest BCUT2D eigenvalue weighted by Gasteiger charge is -2.11. The van der Waals surface area contributed by atoms with Crippen molar-refractivity contribution in [2.45, 2.75) is 20.8 Å². The molecule has 0 N–H and O–H groups in total. The van der Waals surface area contributed by atoms with Gasteiger partial charge in [0.15, 0.2) is 5.69 Å². The number of carbonyl (C=O) groups excluding carboxylic acids is 1. The highest BCUT2D eigenvalue weighted by molar-refractivity contribution is 5.95. The first-order valence-electron chi connectivity index (χ1n) is 6.07. The van der Waals surface area contributed by atoms with Gasteiger partial charge in [-0.15, -0.1) is 5.10 Å². The van der Waals surface area contributed by atoms with Crippen LogP contribution in [0.1, 0.15) is 28.7 Å². The van der Waals surface area contributed by atoms with Crippen LogP contribution in [-0.4, -0.2) is 27.8 Å². The molecule has 2 aromatic heterocycles. The van der Waals surface area contributed by atoms with Gasteiger partial charge in [-0.25, -0.2) is 4.79 Å². The molecule has 0 aliphatic heterocycles. The number of pyridine rings is 1. The van der Waals surface area contributed by atoms with Crippen molar-refractivity contribution >= 4 is 5.97 Å². The van der Waals surface area contributed by atoms with Gasteiger partial charge in [0, 0.05) is 11.8 Å². The van der Waals surface area contributed by atoms with Gasteiger partial charge in [-0.3, -0.25) is 4.98 Å². The van der Waals surface area contributed by atoms with E-state index < -0.39 is 5.97 Å². The molecule has 0 amide bonds. The van der Waals surface area contributed by atoms with E-state index in [0.29, 0.717) is 17.9 Å². The van der Waals surface area contributed by atoms with Crippen molar-refractivity contribution in [1.82, 2.24) is 15.2 Å². The van der Waals surface area contributed by atoms with E-state index in [2.05, 4.69) is 15.2 Å². The van der Waals surface area contributed by atoms with E-state index in [-0.39, 0.29) is 5.69 Å². The minimum absolute atomic E-state index is 0.212. The molecule has 0 aliphatic carbocycles. The fraction of sp³-hybridized carbons (Fsp3) is 0.286. The first-order valence-corrected chi connectivity index (χ1v) is 6.07. The number of ether oxygens (including phenoxy) is 1. The Morgan fingerprint density at radius 3 is 2.68 bits per heavy atom. The molecule has 0 unspecified atom stereocenters. The van der Waals surface area contributed by atoms with E-state index in [1.165, 1.54) is 0 Å². The second-order valence-electron chi connectivity index (χ2n) is 4.07. The van der Waals surface area contributed by atoms with Crippen molar-refractivity contribution in [3.63, 3.8) is 0 Å². The van der Waals surface area contributed by atoms with Crippen LogP contribution >= 0.6 is 0 Å². The Labute approximate surface area is 111 Å². The summed E-state index contributed by atoms with van der Waals surface area (Å²) in [7, 11) is 0. The van der Waals surface area contributed by atoms with Crippen molar-refractivity contribution < 1.29 is 9.53 Å². The Kier molecular flexibility index (Phi) is 3.85. The second kappa shape index (κ2) is 5.56. The van der Waals surface area contributed by atoms with Crippen LogP contribution in [0.3, 0.4) is 0 Å². The van der Waals surface area contributed by atoms with Crippen LogP contribution < -0.4 is 0 Å². The highest BCUT2D eigenvalue weighted by Crippen LogP contribution is 2.25. The second-order valence-corrected chi connectivity index (χ2v) is 4.07. The largest absolute Gasteiger partial charge is 0.461 e. The molecule has 0 aromatic carbocycles. The number of hydrogen-bond acceptors (Lipinski definition) is 5. The van der Waals surface area contributed by atoms with E-state index >= 15 is 0 Å². The first kappa shape index (κ1) is 13.1. The summed E-state index contributed by atoms with van der Waals surface area (Å²) in [6, 6.07) is 5.53. The zero-order valence-electron chi connectivity index (χ0n) is 11.2. The van der Waals surface area contributed by atoms with Crippen molar-refractivity contribution in [3.8, 4) is 11.3 Å². The highest BCUT2D eigenvalue weighted by atomic mass is 16.5. The summed E-state index contributed by atoms with van der Waals surface area (Å²) in [6.07, 6.45) is 1.68. The maximum atomic E-state index is 11.9. The molecule has 0 radical (unpaired) electrons. The number of carbonyl (C=O) groups is 1. The molecule has 0 atom stereocenters. The molecule has 0 saturated carbocycles. The number of hydrogen-bond donors (Lipinski definition) is 0. The molecular weight excluding hydrogens is 242 g/mol. The SMILES string of the molecule is CCOC(=O)c1nnc(C)c(C)c1-c1ccccn1. The molecule has 2 heterocycles. The van der Waals surface area contributed by atoms with Gasteiger partial charge in [-0.05, 0) is 38.5 Å². The van der Waals surface area contributed by atoms with Crippen molar-refractivity contribution in [2.75, 3.05) is 6.61 Å². The molecule has 0 fully saturated rings. The fourth-order valence-corrected chi connectivity index (χ4v) is 1.77. The third-order valence-electron chi connectivity index (χ3n) is 2.84. The summed E-state index contributed by atoms with van der Waals surface area (Å²) in [5.41, 5.74) is 3.25. The molecule has 0 spiro atoms. The smallest absolute Gasteiger partial charge is 0.359 e. The Morgan fingerprint density at radius 2 is 2.05 bits per heavy atom. The zero-order valence-corrected chi connectivity index (χ0v) is 11.2. The minimum atomic E-state index is -0.473. The third-order valence-corrected chi connectivity index (χ3v) is 2.84. The predicted octanol–water partition coefficient (Wildman–Crippen LogP) is 2.33. The van der Waals surface area contributed by atoms with Gasteiger partial charge in [0.2, 0.25) is 0 Å². The molecule has 2 aromatic rings. The van der Waals surface area contributed by atoms with Crippen LogP contribution in [0.2, 0.25) is 0 Å². The van der Waals surface area contributed by atoms with Gasteiger partial charge < -0.3 is 4.74 Å². The minimum Gasteiger partial charge on any atom is -0.461 e. The maximum Gasteiger partial charge on any atom is 0.359 e. The maximum absolute atomic E-state index is 11.9. The quantitative estimate of drug-likeness (QED) is 0.789. The molecular formula is C14H15N3O2. The van der Waals surface area contributed by atoms with E-state index in [4.69, 9.17) is 4.74 Å². The number of nitrogens with zero attached hydrogens (tertiary/aromatic N) is 3. The van der Waals surface area contributed by atoms with Gasteiger partial charge in [-0.2, -0.15) is 5.10 Å². The Bertz CT molecular complexity index is 597. The van der Waals surface area contributed by atoms with E-state index in [9.17, 15) is 4.79 Å². The van der Waals surface area contributed by atoms with E-state index in [1.807, 2.05) is 32.0 Å². The Morgan fingerprint density at radius 1 is 1.26 bits per heavy atom. The van der Waals surface area contributed by atoms with Crippen LogP contribution in [0.15, 0.2) is 24.4 Å². The van der Waals surface area contributed by atoms with E-state index in [0.717, 1.165) is 11.3 Å². The van der Waals surface area contributed by atoms with Gasteiger partial charge in [0.1, 0.15) is 0 Å². The molecule has 0 saturated heterocycles. The zero-order chi connectivity index (χ0) is 13.8. The molecule has 0 aliphatic rings. The summed E-state index contributed by atoms with van der Waals surface area (Å²) >= 11 is 0. The third kappa shape index (κ3) is 2.59. The van der Waals surface area contributed by atoms with Crippen molar-refractivity contribution in [2.24, 2.45) is 0 Å². The lowest BCUT2D eigenvalue weighted by Crippen LogP contribution is -2.12. The lowest BCUT2D eigenvalue weighted by molar-refractivity contribution is 0.0519. The monoisotopic (exact) mass is 257 g/mol. The average molecular weight is 257 g/mol. The topological polar surface area (TPSA) is 65.0 Å². The van der Waals surface area contributed by atoms with Crippen LogP contribution in [-0.2, 0) is 4.74 Å². The van der Waals surface area contributed by atoms with Gasteiger partial charge in [0.25, 0.3) is 0 Å². The number of esters is 1. The van der Waals surface area contributed by atoms with Crippen molar-refractivity contribution in [1.29, 1.82) is 0 Å². The van der Waals surface area contributed by atoms with Crippen molar-refractivity contribution in [3.05, 3.63) is 41.3 Å². The molecule has 5 nitrogen and oxygen atoms in total. The fourth-order valence-electron chi connectivity index (χ4n) is 1.77. The number of aromatic nitrogens is 3. The first-order chi connectivity index (χ1) is 9.15. The summed E-state index contributed by atoms with van der Waals surface area (Å²) in [5.74, 6) is -0.473. The number of aryl methyl sites for hydroxylation is 1. The Hall–Kier alpha value is -2.30. The van der Waals surface area contributed by atoms with Crippen LogP contribution in [0.5, 0.6) is 0 Å². The van der Waals surface area contributed by atoms with Gasteiger partial charge >= 0.3 is 5.97 Å². The lowest BCUT2D eigenvalue weighted by atomic mass is 10.0. The Balaban J connectivity index is 2.63. The summed E-state index contributed by atoms with van der Waals surface area (Å²) < 4.78 is 5.02. The molecule has 98 valence electrons. The number of rotatable bonds is 3. The summed E-state index contributed by atoms with van der Waals surface area (Å²) in [6.45, 7) is 5.81. The van der Waals surface area contributed by atoms with E-state index in [1.54, 1.807) is 13.1 Å². The van der Waals surface area contributed by atoms with Crippen LogP contribution in [0, 0.1) is 13.8 Å². The average Bonchev–Trinajstić information content (AvgIpc) is 2.43. The highest BCUT2D eigenvalue weighted by Gasteiger charge is 2.20. The van der Waals surface area contributed by atoms with Gasteiger partial charge in [-0.1, -0.05) is 6.07 Å². The van der Waals surface area contributed by atoms with Crippen LogP contribution in [0.4, 0.5) is 0 Å². The predicted molar refractivity (Wildman–Crippen MR) is 70.7 cm³/mol. The molecule has 5 heteroatoms.